The Kier molecular flexibility index (Phi) is 12.2. The van der Waals surface area contributed by atoms with Crippen molar-refractivity contribution >= 4 is 50.9 Å². The molecular formula is C25H29Cl2F3N4O6S. The van der Waals surface area contributed by atoms with Crippen LogP contribution in [0.5, 0.6) is 5.75 Å². The first-order valence-electron chi connectivity index (χ1n) is 12.1. The van der Waals surface area contributed by atoms with Crippen LogP contribution in [0.2, 0.25) is 10.0 Å². The van der Waals surface area contributed by atoms with Crippen LogP contribution in [0.25, 0.3) is 0 Å². The van der Waals surface area contributed by atoms with E-state index < -0.39 is 22.2 Å². The van der Waals surface area contributed by atoms with Gasteiger partial charge in [-0.2, -0.15) is 13.2 Å². The summed E-state index contributed by atoms with van der Waals surface area (Å²) >= 11 is 11.7. The van der Waals surface area contributed by atoms with Crippen LogP contribution in [-0.2, 0) is 26.0 Å². The normalized spacial score (nSPS) is 13.2. The Balaban J connectivity index is 0.000000745. The van der Waals surface area contributed by atoms with Crippen molar-refractivity contribution in [2.75, 3.05) is 40.3 Å². The largest absolute Gasteiger partial charge is 0.505 e. The maximum atomic E-state index is 12.7. The molecule has 0 radical (unpaired) electrons. The van der Waals surface area contributed by atoms with Crippen LogP contribution in [0.4, 0.5) is 13.2 Å². The van der Waals surface area contributed by atoms with Crippen LogP contribution in [0.1, 0.15) is 24.0 Å². The van der Waals surface area contributed by atoms with Crippen LogP contribution in [-0.4, -0.2) is 92.0 Å². The Labute approximate surface area is 245 Å². The summed E-state index contributed by atoms with van der Waals surface area (Å²) < 4.78 is 58.4. The van der Waals surface area contributed by atoms with Crippen molar-refractivity contribution in [3.8, 4) is 5.75 Å². The molecule has 1 heterocycles. The van der Waals surface area contributed by atoms with Gasteiger partial charge in [0, 0.05) is 45.7 Å². The van der Waals surface area contributed by atoms with Gasteiger partial charge in [-0.3, -0.25) is 9.79 Å². The molecule has 2 aromatic rings. The number of carbonyl (C=O) groups is 2. The minimum Gasteiger partial charge on any atom is -0.505 e. The number of aromatic hydroxyl groups is 1. The first-order valence-corrected chi connectivity index (χ1v) is 14.3. The number of hydrogen-bond acceptors (Lipinski definition) is 7. The number of phenols is 1. The summed E-state index contributed by atoms with van der Waals surface area (Å²) in [5.74, 6) is -2.26. The van der Waals surface area contributed by atoms with Crippen LogP contribution in [0.15, 0.2) is 46.3 Å². The average Bonchev–Trinajstić information content (AvgIpc) is 3.45. The van der Waals surface area contributed by atoms with Crippen LogP contribution < -0.4 is 5.32 Å². The number of amidine groups is 1. The van der Waals surface area contributed by atoms with Crippen molar-refractivity contribution in [1.82, 2.24) is 14.5 Å². The predicted octanol–water partition coefficient (Wildman–Crippen LogP) is 3.78. The molecule has 0 spiro atoms. The molecule has 0 bridgehead atoms. The molecule has 41 heavy (non-hydrogen) atoms. The van der Waals surface area contributed by atoms with Crippen LogP contribution >= 0.6 is 23.2 Å². The topological polar surface area (TPSA) is 140 Å². The minimum atomic E-state index is -5.08. The van der Waals surface area contributed by atoms with E-state index >= 15 is 0 Å². The van der Waals surface area contributed by atoms with Gasteiger partial charge in [0.2, 0.25) is 15.9 Å². The van der Waals surface area contributed by atoms with E-state index in [1.807, 2.05) is 24.3 Å². The molecule has 226 valence electrons. The molecule has 16 heteroatoms. The molecule has 0 unspecified atom stereocenters. The lowest BCUT2D eigenvalue weighted by atomic mass is 10.1. The smallest absolute Gasteiger partial charge is 0.490 e. The lowest BCUT2D eigenvalue weighted by Gasteiger charge is -2.20. The van der Waals surface area contributed by atoms with E-state index in [0.29, 0.717) is 13.0 Å². The van der Waals surface area contributed by atoms with Gasteiger partial charge in [-0.1, -0.05) is 47.5 Å². The molecule has 0 fully saturated rings. The van der Waals surface area contributed by atoms with E-state index in [1.165, 1.54) is 7.05 Å². The zero-order valence-corrected chi connectivity index (χ0v) is 24.4. The average molecular weight is 641 g/mol. The molecule has 0 aromatic heterocycles. The van der Waals surface area contributed by atoms with Gasteiger partial charge in [0.05, 0.1) is 21.5 Å². The zero-order chi connectivity index (χ0) is 31.0. The lowest BCUT2D eigenvalue weighted by Crippen LogP contribution is -2.31. The monoisotopic (exact) mass is 640 g/mol. The third-order valence-corrected chi connectivity index (χ3v) is 8.28. The number of rotatable bonds is 10. The van der Waals surface area contributed by atoms with E-state index in [2.05, 4.69) is 10.3 Å². The number of alkyl halides is 3. The van der Waals surface area contributed by atoms with E-state index in [-0.39, 0.29) is 39.6 Å². The van der Waals surface area contributed by atoms with Crippen molar-refractivity contribution in [1.29, 1.82) is 0 Å². The molecule has 3 N–H and O–H groups in total. The summed E-state index contributed by atoms with van der Waals surface area (Å²) in [6, 6.07) is 10.4. The number of nitrogens with one attached hydrogen (secondary N) is 1. The Bertz CT molecular complexity index is 1350. The molecule has 1 aliphatic rings. The summed E-state index contributed by atoms with van der Waals surface area (Å²) in [4.78, 5) is 27.3. The fourth-order valence-electron chi connectivity index (χ4n) is 3.48. The number of carboxylic acid groups (broad SMARTS) is 1. The van der Waals surface area contributed by atoms with Gasteiger partial charge in [-0.15, -0.1) is 0 Å². The number of phenolic OH excluding ortho intramolecular Hbond substituents is 1. The highest BCUT2D eigenvalue weighted by molar-refractivity contribution is 7.89. The first-order chi connectivity index (χ1) is 19.0. The Morgan fingerprint density at radius 2 is 1.63 bits per heavy atom. The summed E-state index contributed by atoms with van der Waals surface area (Å²) in [5.41, 5.74) is 2.18. The Hall–Kier alpha value is -3.07. The number of nitrogens with zero attached hydrogens (tertiary/aromatic N) is 3. The second-order valence-electron chi connectivity index (χ2n) is 8.89. The maximum absolute atomic E-state index is 12.7. The van der Waals surface area contributed by atoms with Gasteiger partial charge in [0.15, 0.2) is 5.75 Å². The number of halogens is 5. The summed E-state index contributed by atoms with van der Waals surface area (Å²) in [5, 5.41) is 19.7. The van der Waals surface area contributed by atoms with Crippen LogP contribution in [0.3, 0.4) is 0 Å². The minimum absolute atomic E-state index is 0.0531. The standard InChI is InChI=1S/C23H28Cl2N4O4S.C2HF3O2/c1-28(13-9-16-5-7-17(8-6-16)23-26-10-11-27-23)21(30)4-3-12-29(2)34(32,33)18-14-19(24)22(31)20(25)15-18;3-2(4,5)1(6)7/h5-8,14-15,31H,3-4,9-13H2,1-2H3,(H,26,27);(H,6,7). The van der Waals surface area contributed by atoms with Gasteiger partial charge in [0.1, 0.15) is 5.84 Å². The van der Waals surface area contributed by atoms with Gasteiger partial charge in [-0.25, -0.2) is 17.5 Å². The zero-order valence-electron chi connectivity index (χ0n) is 22.1. The molecule has 10 nitrogen and oxygen atoms in total. The maximum Gasteiger partial charge on any atom is 0.490 e. The van der Waals surface area contributed by atoms with Crippen molar-refractivity contribution in [2.24, 2.45) is 4.99 Å². The van der Waals surface area contributed by atoms with Crippen molar-refractivity contribution in [2.45, 2.75) is 30.3 Å². The quantitative estimate of drug-likeness (QED) is 0.359. The summed E-state index contributed by atoms with van der Waals surface area (Å²) in [6.45, 7) is 2.38. The second kappa shape index (κ2) is 14.7. The molecule has 2 aromatic carbocycles. The number of aliphatic carboxylic acids is 1. The fraction of sp³-hybridized carbons (Fsp3) is 0.400. The van der Waals surface area contributed by atoms with Crippen molar-refractivity contribution < 1.29 is 41.4 Å². The van der Waals surface area contributed by atoms with E-state index in [0.717, 1.165) is 52.9 Å². The number of amides is 1. The van der Waals surface area contributed by atoms with E-state index in [4.69, 9.17) is 33.1 Å². The van der Waals surface area contributed by atoms with Gasteiger partial charge in [-0.05, 0) is 30.5 Å². The third kappa shape index (κ3) is 10.1. The molecule has 0 aliphatic carbocycles. The van der Waals surface area contributed by atoms with Gasteiger partial charge < -0.3 is 20.4 Å². The van der Waals surface area contributed by atoms with E-state index in [9.17, 15) is 31.5 Å². The number of hydrogen-bond donors (Lipinski definition) is 3. The number of benzene rings is 2. The number of sulfonamides is 1. The Morgan fingerprint density at radius 1 is 1.07 bits per heavy atom. The summed E-state index contributed by atoms with van der Waals surface area (Å²) in [6.07, 6.45) is -3.78. The number of carboxylic acids is 1. The number of likely N-dealkylation sites (N-methyl/N-ethyl adjacent to an activating group) is 1. The fourth-order valence-corrected chi connectivity index (χ4v) is 5.36. The molecule has 0 saturated carbocycles. The molecule has 0 saturated heterocycles. The van der Waals surface area contributed by atoms with E-state index in [1.54, 1.807) is 11.9 Å². The highest BCUT2D eigenvalue weighted by atomic mass is 35.5. The molecule has 1 aliphatic heterocycles. The van der Waals surface area contributed by atoms with Crippen molar-refractivity contribution in [3.63, 3.8) is 0 Å². The number of aliphatic imine (C=N–C) groups is 1. The SMILES string of the molecule is CN(CCc1ccc(C2=NCCN2)cc1)C(=O)CCCN(C)S(=O)(=O)c1cc(Cl)c(O)c(Cl)c1.O=C(O)C(F)(F)F. The number of carbonyl (C=O) groups excluding carboxylic acids is 1. The third-order valence-electron chi connectivity index (χ3n) is 5.87. The molecule has 1 amide bonds. The van der Waals surface area contributed by atoms with Crippen molar-refractivity contribution in [3.05, 3.63) is 57.6 Å². The molecule has 3 rings (SSSR count). The first kappa shape index (κ1) is 34.1. The van der Waals surface area contributed by atoms with Crippen LogP contribution in [0, 0.1) is 0 Å². The van der Waals surface area contributed by atoms with Gasteiger partial charge in [0.25, 0.3) is 0 Å². The van der Waals surface area contributed by atoms with Gasteiger partial charge >= 0.3 is 12.1 Å². The predicted molar refractivity (Wildman–Crippen MR) is 148 cm³/mol. The molecular weight excluding hydrogens is 612 g/mol. The lowest BCUT2D eigenvalue weighted by molar-refractivity contribution is -0.192. The Morgan fingerprint density at radius 3 is 2.12 bits per heavy atom. The summed E-state index contributed by atoms with van der Waals surface area (Å²) in [7, 11) is -0.690. The highest BCUT2D eigenvalue weighted by Crippen LogP contribution is 2.34. The second-order valence-corrected chi connectivity index (χ2v) is 11.7. The highest BCUT2D eigenvalue weighted by Gasteiger charge is 2.38. The molecule has 0 atom stereocenters.